The van der Waals surface area contributed by atoms with Gasteiger partial charge in [-0.15, -0.1) is 0 Å². The molecule has 5 nitrogen and oxygen atoms in total. The Labute approximate surface area is 101 Å². The summed E-state index contributed by atoms with van der Waals surface area (Å²) in [6.45, 7) is 1.43. The van der Waals surface area contributed by atoms with Gasteiger partial charge in [-0.05, 0) is 29.7 Å². The number of benzene rings is 1. The molecule has 0 aliphatic carbocycles. The molecule has 0 unspecified atom stereocenters. The van der Waals surface area contributed by atoms with Gasteiger partial charge in [0.05, 0.1) is 14.2 Å². The van der Waals surface area contributed by atoms with Crippen LogP contribution in [0.2, 0.25) is 0 Å². The summed E-state index contributed by atoms with van der Waals surface area (Å²) in [6.07, 6.45) is 0.870. The molecule has 0 fully saturated rings. The number of nitrogens with zero attached hydrogens (tertiary/aromatic N) is 1. The topological polar surface area (TPSA) is 71.6 Å². The van der Waals surface area contributed by atoms with Gasteiger partial charge < -0.3 is 20.1 Å². The Morgan fingerprint density at radius 2 is 1.82 bits per heavy atom. The Bertz CT molecular complexity index is 446. The van der Waals surface area contributed by atoms with Crippen molar-refractivity contribution in [2.75, 3.05) is 20.8 Å². The van der Waals surface area contributed by atoms with Crippen molar-refractivity contribution < 1.29 is 9.47 Å². The fourth-order valence-electron chi connectivity index (χ4n) is 2.09. The Balaban J connectivity index is 2.35. The van der Waals surface area contributed by atoms with Gasteiger partial charge in [-0.25, -0.2) is 0 Å². The zero-order valence-corrected chi connectivity index (χ0v) is 10.1. The van der Waals surface area contributed by atoms with E-state index in [1.54, 1.807) is 14.2 Å². The Morgan fingerprint density at radius 1 is 1.24 bits per heavy atom. The summed E-state index contributed by atoms with van der Waals surface area (Å²) < 4.78 is 10.5. The van der Waals surface area contributed by atoms with Crippen LogP contribution in [0.3, 0.4) is 0 Å². The largest absolute Gasteiger partial charge is 0.493 e. The van der Waals surface area contributed by atoms with Crippen LogP contribution in [0.5, 0.6) is 11.5 Å². The van der Waals surface area contributed by atoms with Crippen molar-refractivity contribution >= 4 is 5.96 Å². The maximum atomic E-state index is 7.45. The summed E-state index contributed by atoms with van der Waals surface area (Å²) in [6, 6.07) is 3.97. The molecule has 1 aromatic rings. The van der Waals surface area contributed by atoms with Gasteiger partial charge in [-0.2, -0.15) is 0 Å². The normalized spacial score (nSPS) is 14.1. The van der Waals surface area contributed by atoms with E-state index in [4.69, 9.17) is 20.6 Å². The van der Waals surface area contributed by atoms with Crippen LogP contribution in [0.25, 0.3) is 0 Å². The molecule has 1 aromatic carbocycles. The standard InChI is InChI=1S/C12H17N3O2/c1-16-10-5-8-3-4-15(12(13)14)7-9(8)6-11(10)17-2/h5-6H,3-4,7H2,1-2H3,(H3,13,14). The minimum Gasteiger partial charge on any atom is -0.493 e. The SMILES string of the molecule is COc1cc2c(cc1OC)CN(C(=N)N)CC2. The molecule has 0 bridgehead atoms. The van der Waals surface area contributed by atoms with Crippen LogP contribution in [-0.2, 0) is 13.0 Å². The minimum atomic E-state index is 0.116. The van der Waals surface area contributed by atoms with E-state index in [1.165, 1.54) is 5.56 Å². The first-order valence-electron chi connectivity index (χ1n) is 5.48. The van der Waals surface area contributed by atoms with Crippen molar-refractivity contribution in [3.8, 4) is 11.5 Å². The smallest absolute Gasteiger partial charge is 0.188 e. The van der Waals surface area contributed by atoms with Crippen molar-refractivity contribution in [1.82, 2.24) is 4.90 Å². The predicted molar refractivity (Wildman–Crippen MR) is 65.6 cm³/mol. The van der Waals surface area contributed by atoms with Crippen LogP contribution >= 0.6 is 0 Å². The highest BCUT2D eigenvalue weighted by molar-refractivity contribution is 5.75. The van der Waals surface area contributed by atoms with Crippen LogP contribution in [-0.4, -0.2) is 31.6 Å². The van der Waals surface area contributed by atoms with Gasteiger partial charge >= 0.3 is 0 Å². The zero-order chi connectivity index (χ0) is 12.4. The van der Waals surface area contributed by atoms with Gasteiger partial charge in [0, 0.05) is 13.1 Å². The molecule has 5 heteroatoms. The lowest BCUT2D eigenvalue weighted by molar-refractivity contribution is 0.347. The van der Waals surface area contributed by atoms with Crippen LogP contribution in [0, 0.1) is 5.41 Å². The minimum absolute atomic E-state index is 0.116. The van der Waals surface area contributed by atoms with Gasteiger partial charge in [0.1, 0.15) is 0 Å². The highest BCUT2D eigenvalue weighted by atomic mass is 16.5. The van der Waals surface area contributed by atoms with Crippen molar-refractivity contribution in [1.29, 1.82) is 5.41 Å². The average molecular weight is 235 g/mol. The number of nitrogens with two attached hydrogens (primary N) is 1. The molecule has 0 amide bonds. The third-order valence-electron chi connectivity index (χ3n) is 3.06. The number of methoxy groups -OCH3 is 2. The Kier molecular flexibility index (Phi) is 3.08. The maximum absolute atomic E-state index is 7.45. The molecule has 0 saturated heterocycles. The average Bonchev–Trinajstić information content (AvgIpc) is 2.36. The summed E-state index contributed by atoms with van der Waals surface area (Å²) >= 11 is 0. The van der Waals surface area contributed by atoms with Gasteiger partial charge in [-0.1, -0.05) is 0 Å². The molecular weight excluding hydrogens is 218 g/mol. The maximum Gasteiger partial charge on any atom is 0.188 e. The van der Waals surface area contributed by atoms with Crippen LogP contribution in [0.4, 0.5) is 0 Å². The van der Waals surface area contributed by atoms with E-state index in [0.29, 0.717) is 6.54 Å². The third-order valence-corrected chi connectivity index (χ3v) is 3.06. The molecule has 92 valence electrons. The number of ether oxygens (including phenoxy) is 2. The van der Waals surface area contributed by atoms with Gasteiger partial charge in [0.15, 0.2) is 17.5 Å². The second kappa shape index (κ2) is 4.53. The summed E-state index contributed by atoms with van der Waals surface area (Å²) in [4.78, 5) is 1.84. The van der Waals surface area contributed by atoms with E-state index in [9.17, 15) is 0 Å². The summed E-state index contributed by atoms with van der Waals surface area (Å²) in [5, 5.41) is 7.45. The van der Waals surface area contributed by atoms with Crippen LogP contribution < -0.4 is 15.2 Å². The molecular formula is C12H17N3O2. The molecule has 0 radical (unpaired) electrons. The van der Waals surface area contributed by atoms with Crippen LogP contribution in [0.15, 0.2) is 12.1 Å². The highest BCUT2D eigenvalue weighted by Gasteiger charge is 2.19. The number of rotatable bonds is 2. The van der Waals surface area contributed by atoms with E-state index < -0.39 is 0 Å². The van der Waals surface area contributed by atoms with E-state index in [2.05, 4.69) is 0 Å². The van der Waals surface area contributed by atoms with Gasteiger partial charge in [0.2, 0.25) is 0 Å². The lowest BCUT2D eigenvalue weighted by Crippen LogP contribution is -2.40. The molecule has 3 N–H and O–H groups in total. The Hall–Kier alpha value is -1.91. The van der Waals surface area contributed by atoms with Crippen molar-refractivity contribution in [2.45, 2.75) is 13.0 Å². The fourth-order valence-corrected chi connectivity index (χ4v) is 2.09. The second-order valence-electron chi connectivity index (χ2n) is 4.03. The molecule has 0 spiro atoms. The summed E-state index contributed by atoms with van der Waals surface area (Å²) in [7, 11) is 3.25. The lowest BCUT2D eigenvalue weighted by Gasteiger charge is -2.29. The van der Waals surface area contributed by atoms with E-state index in [-0.39, 0.29) is 5.96 Å². The Morgan fingerprint density at radius 3 is 2.35 bits per heavy atom. The molecule has 0 atom stereocenters. The molecule has 17 heavy (non-hydrogen) atoms. The molecule has 1 aliphatic rings. The van der Waals surface area contributed by atoms with Crippen molar-refractivity contribution in [3.05, 3.63) is 23.3 Å². The first kappa shape index (κ1) is 11.6. The first-order valence-corrected chi connectivity index (χ1v) is 5.48. The molecule has 1 heterocycles. The van der Waals surface area contributed by atoms with E-state index in [0.717, 1.165) is 30.0 Å². The van der Waals surface area contributed by atoms with Crippen molar-refractivity contribution in [3.63, 3.8) is 0 Å². The first-order chi connectivity index (χ1) is 8.15. The number of nitrogens with one attached hydrogen (secondary N) is 1. The molecule has 0 aromatic heterocycles. The predicted octanol–water partition coefficient (Wildman–Crippen LogP) is 0.955. The van der Waals surface area contributed by atoms with Gasteiger partial charge in [-0.3, -0.25) is 5.41 Å². The molecule has 0 saturated carbocycles. The quantitative estimate of drug-likeness (QED) is 0.591. The second-order valence-corrected chi connectivity index (χ2v) is 4.03. The number of guanidine groups is 1. The van der Waals surface area contributed by atoms with E-state index >= 15 is 0 Å². The summed E-state index contributed by atoms with van der Waals surface area (Å²) in [5.41, 5.74) is 7.88. The van der Waals surface area contributed by atoms with Gasteiger partial charge in [0.25, 0.3) is 0 Å². The number of hydrogen-bond donors (Lipinski definition) is 2. The third kappa shape index (κ3) is 2.13. The van der Waals surface area contributed by atoms with E-state index in [1.807, 2.05) is 17.0 Å². The zero-order valence-electron chi connectivity index (χ0n) is 10.1. The number of hydrogen-bond acceptors (Lipinski definition) is 3. The summed E-state index contributed by atoms with van der Waals surface area (Å²) in [5.74, 6) is 1.59. The fraction of sp³-hybridized carbons (Fsp3) is 0.417. The molecule has 2 rings (SSSR count). The number of fused-ring (bicyclic) bond motifs is 1. The monoisotopic (exact) mass is 235 g/mol. The molecule has 1 aliphatic heterocycles. The van der Waals surface area contributed by atoms with Crippen molar-refractivity contribution in [2.24, 2.45) is 5.73 Å². The van der Waals surface area contributed by atoms with Crippen LogP contribution in [0.1, 0.15) is 11.1 Å². The highest BCUT2D eigenvalue weighted by Crippen LogP contribution is 2.33. The lowest BCUT2D eigenvalue weighted by atomic mass is 9.99.